The summed E-state index contributed by atoms with van der Waals surface area (Å²) in [6, 6.07) is 6.58. The van der Waals surface area contributed by atoms with Gasteiger partial charge in [-0.15, -0.1) is 0 Å². The molecule has 0 aromatic heterocycles. The molecule has 1 atom stereocenters. The summed E-state index contributed by atoms with van der Waals surface area (Å²) < 4.78 is 4.56. The van der Waals surface area contributed by atoms with Crippen LogP contribution in [0, 0.1) is 0 Å². The van der Waals surface area contributed by atoms with E-state index in [1.54, 1.807) is 0 Å². The number of aryl methyl sites for hydroxylation is 2. The lowest BCUT2D eigenvalue weighted by atomic mass is 9.89. The lowest BCUT2D eigenvalue weighted by Crippen LogP contribution is -2.28. The molecule has 0 fully saturated rings. The zero-order valence-electron chi connectivity index (χ0n) is 13.5. The summed E-state index contributed by atoms with van der Waals surface area (Å²) >= 11 is 0. The van der Waals surface area contributed by atoms with Crippen LogP contribution in [0.3, 0.4) is 0 Å². The van der Waals surface area contributed by atoms with Gasteiger partial charge in [0.05, 0.1) is 19.6 Å². The van der Waals surface area contributed by atoms with Crippen molar-refractivity contribution in [3.8, 4) is 0 Å². The van der Waals surface area contributed by atoms with E-state index in [4.69, 9.17) is 0 Å². The number of fused-ring (bicyclic) bond motifs is 1. The number of ether oxygens (including phenoxy) is 1. The SMILES string of the molecule is CCC(NC(=O)CCC(=O)OC)c1ccc2c(c1)CCCC2. The molecule has 0 spiro atoms. The summed E-state index contributed by atoms with van der Waals surface area (Å²) in [5.41, 5.74) is 4.03. The van der Waals surface area contributed by atoms with Gasteiger partial charge < -0.3 is 10.1 Å². The van der Waals surface area contributed by atoms with Gasteiger partial charge in [-0.2, -0.15) is 0 Å². The molecule has 0 aliphatic heterocycles. The molecule has 1 N–H and O–H groups in total. The standard InChI is InChI=1S/C18H25NO3/c1-3-16(19-17(20)10-11-18(21)22-2)15-9-8-13-6-4-5-7-14(13)12-15/h8-9,12,16H,3-7,10-11H2,1-2H3,(H,19,20). The van der Waals surface area contributed by atoms with Crippen molar-refractivity contribution in [2.75, 3.05) is 7.11 Å². The molecule has 1 aliphatic rings. The van der Waals surface area contributed by atoms with E-state index >= 15 is 0 Å². The summed E-state index contributed by atoms with van der Waals surface area (Å²) in [5, 5.41) is 3.02. The Morgan fingerprint density at radius 1 is 1.18 bits per heavy atom. The summed E-state index contributed by atoms with van der Waals surface area (Å²) in [4.78, 5) is 23.1. The van der Waals surface area contributed by atoms with Gasteiger partial charge in [-0.1, -0.05) is 25.1 Å². The van der Waals surface area contributed by atoms with Crippen molar-refractivity contribution in [1.29, 1.82) is 0 Å². The number of rotatable bonds is 6. The highest BCUT2D eigenvalue weighted by Gasteiger charge is 2.16. The largest absolute Gasteiger partial charge is 0.469 e. The topological polar surface area (TPSA) is 55.4 Å². The number of methoxy groups -OCH3 is 1. The summed E-state index contributed by atoms with van der Waals surface area (Å²) in [5.74, 6) is -0.452. The number of nitrogens with one attached hydrogen (secondary N) is 1. The molecule has 2 rings (SSSR count). The van der Waals surface area contributed by atoms with Gasteiger partial charge in [0.15, 0.2) is 0 Å². The Labute approximate surface area is 132 Å². The molecule has 120 valence electrons. The Hall–Kier alpha value is -1.84. The lowest BCUT2D eigenvalue weighted by Gasteiger charge is -2.21. The van der Waals surface area contributed by atoms with Crippen LogP contribution in [0.4, 0.5) is 0 Å². The Morgan fingerprint density at radius 2 is 1.91 bits per heavy atom. The van der Waals surface area contributed by atoms with Gasteiger partial charge in [-0.25, -0.2) is 0 Å². The fourth-order valence-corrected chi connectivity index (χ4v) is 2.98. The average molecular weight is 303 g/mol. The van der Waals surface area contributed by atoms with Crippen LogP contribution in [0.15, 0.2) is 18.2 Å². The molecule has 1 aromatic rings. The van der Waals surface area contributed by atoms with Crippen LogP contribution in [0.2, 0.25) is 0 Å². The second kappa shape index (κ2) is 7.97. The molecule has 1 aliphatic carbocycles. The zero-order chi connectivity index (χ0) is 15.9. The number of hydrogen-bond donors (Lipinski definition) is 1. The Bertz CT molecular complexity index is 539. The molecular weight excluding hydrogens is 278 g/mol. The second-order valence-electron chi connectivity index (χ2n) is 5.84. The van der Waals surface area contributed by atoms with E-state index in [1.807, 2.05) is 0 Å². The molecule has 0 bridgehead atoms. The molecule has 0 saturated heterocycles. The monoisotopic (exact) mass is 303 g/mol. The predicted octanol–water partition coefficient (Wildman–Crippen LogP) is 3.09. The molecule has 0 radical (unpaired) electrons. The first-order valence-electron chi connectivity index (χ1n) is 8.12. The third-order valence-corrected chi connectivity index (χ3v) is 4.30. The van der Waals surface area contributed by atoms with Gasteiger partial charge in [-0.05, 0) is 48.8 Å². The van der Waals surface area contributed by atoms with E-state index in [2.05, 4.69) is 35.2 Å². The molecular formula is C18H25NO3. The minimum absolute atomic E-state index is 0.0115. The van der Waals surface area contributed by atoms with E-state index in [1.165, 1.54) is 31.1 Å². The van der Waals surface area contributed by atoms with Crippen molar-refractivity contribution in [1.82, 2.24) is 5.32 Å². The quantitative estimate of drug-likeness (QED) is 0.822. The third kappa shape index (κ3) is 4.33. The number of benzene rings is 1. The fraction of sp³-hybridized carbons (Fsp3) is 0.556. The predicted molar refractivity (Wildman–Crippen MR) is 85.5 cm³/mol. The molecule has 4 nitrogen and oxygen atoms in total. The van der Waals surface area contributed by atoms with Crippen LogP contribution in [0.5, 0.6) is 0 Å². The minimum Gasteiger partial charge on any atom is -0.469 e. The van der Waals surface area contributed by atoms with E-state index in [0.29, 0.717) is 0 Å². The van der Waals surface area contributed by atoms with Crippen molar-refractivity contribution in [2.24, 2.45) is 0 Å². The van der Waals surface area contributed by atoms with Crippen molar-refractivity contribution in [3.63, 3.8) is 0 Å². The maximum absolute atomic E-state index is 12.0. The van der Waals surface area contributed by atoms with Crippen molar-refractivity contribution in [2.45, 2.75) is 57.9 Å². The molecule has 4 heteroatoms. The third-order valence-electron chi connectivity index (χ3n) is 4.30. The maximum atomic E-state index is 12.0. The van der Waals surface area contributed by atoms with Gasteiger partial charge >= 0.3 is 5.97 Å². The molecule has 1 aromatic carbocycles. The van der Waals surface area contributed by atoms with Crippen LogP contribution >= 0.6 is 0 Å². The van der Waals surface area contributed by atoms with Crippen molar-refractivity contribution < 1.29 is 14.3 Å². The Kier molecular flexibility index (Phi) is 5.99. The highest BCUT2D eigenvalue weighted by molar-refractivity contribution is 5.81. The van der Waals surface area contributed by atoms with E-state index in [9.17, 15) is 9.59 Å². The second-order valence-corrected chi connectivity index (χ2v) is 5.84. The fourth-order valence-electron chi connectivity index (χ4n) is 2.98. The summed E-state index contributed by atoms with van der Waals surface area (Å²) in [7, 11) is 1.34. The van der Waals surface area contributed by atoms with Crippen LogP contribution in [-0.4, -0.2) is 19.0 Å². The van der Waals surface area contributed by atoms with Gasteiger partial charge in [0.1, 0.15) is 0 Å². The van der Waals surface area contributed by atoms with Crippen molar-refractivity contribution in [3.05, 3.63) is 34.9 Å². The first-order valence-corrected chi connectivity index (χ1v) is 8.12. The van der Waals surface area contributed by atoms with Crippen LogP contribution in [0.25, 0.3) is 0 Å². The number of esters is 1. The van der Waals surface area contributed by atoms with Crippen LogP contribution in [0.1, 0.15) is 61.8 Å². The zero-order valence-corrected chi connectivity index (χ0v) is 13.5. The first-order chi connectivity index (χ1) is 10.6. The van der Waals surface area contributed by atoms with E-state index in [0.717, 1.165) is 24.8 Å². The smallest absolute Gasteiger partial charge is 0.306 e. The summed E-state index contributed by atoms with van der Waals surface area (Å²) in [6.07, 6.45) is 5.96. The van der Waals surface area contributed by atoms with Gasteiger partial charge in [0.25, 0.3) is 0 Å². The van der Waals surface area contributed by atoms with Crippen LogP contribution in [-0.2, 0) is 27.2 Å². The maximum Gasteiger partial charge on any atom is 0.306 e. The molecule has 1 unspecified atom stereocenters. The number of carbonyl (C=O) groups excluding carboxylic acids is 2. The minimum atomic E-state index is -0.350. The summed E-state index contributed by atoms with van der Waals surface area (Å²) in [6.45, 7) is 2.06. The van der Waals surface area contributed by atoms with Crippen molar-refractivity contribution >= 4 is 11.9 Å². The van der Waals surface area contributed by atoms with Gasteiger partial charge in [0.2, 0.25) is 5.91 Å². The number of hydrogen-bond acceptors (Lipinski definition) is 3. The highest BCUT2D eigenvalue weighted by atomic mass is 16.5. The molecule has 22 heavy (non-hydrogen) atoms. The molecule has 1 amide bonds. The normalized spacial score (nSPS) is 14.8. The van der Waals surface area contributed by atoms with Gasteiger partial charge in [0, 0.05) is 6.42 Å². The van der Waals surface area contributed by atoms with E-state index in [-0.39, 0.29) is 30.8 Å². The van der Waals surface area contributed by atoms with Crippen LogP contribution < -0.4 is 5.32 Å². The molecule has 0 saturated carbocycles. The first kappa shape index (κ1) is 16.5. The number of amides is 1. The number of carbonyl (C=O) groups is 2. The Balaban J connectivity index is 1.99. The highest BCUT2D eigenvalue weighted by Crippen LogP contribution is 2.26. The Morgan fingerprint density at radius 3 is 2.59 bits per heavy atom. The molecule has 0 heterocycles. The average Bonchev–Trinajstić information content (AvgIpc) is 2.57. The van der Waals surface area contributed by atoms with E-state index < -0.39 is 0 Å². The van der Waals surface area contributed by atoms with Gasteiger partial charge in [-0.3, -0.25) is 9.59 Å². The lowest BCUT2D eigenvalue weighted by molar-refractivity contribution is -0.142.